The van der Waals surface area contributed by atoms with Crippen LogP contribution in [0.15, 0.2) is 0 Å². The van der Waals surface area contributed by atoms with Gasteiger partial charge in [0.15, 0.2) is 0 Å². The van der Waals surface area contributed by atoms with E-state index in [0.717, 1.165) is 19.3 Å². The van der Waals surface area contributed by atoms with Crippen molar-refractivity contribution in [3.8, 4) is 6.07 Å². The van der Waals surface area contributed by atoms with Gasteiger partial charge in [-0.25, -0.2) is 9.59 Å². The van der Waals surface area contributed by atoms with Gasteiger partial charge in [-0.3, -0.25) is 4.79 Å². The number of hydrogen-bond donors (Lipinski definition) is 2. The first-order valence-electron chi connectivity index (χ1n) is 15.4. The minimum Gasteiger partial charge on any atom is -0.480 e. The van der Waals surface area contributed by atoms with Crippen LogP contribution in [0.4, 0.5) is 4.79 Å². The average molecular weight is 552 g/mol. The average Bonchev–Trinajstić information content (AvgIpc) is 2.85. The molecular formula is C31H57N3O5. The van der Waals surface area contributed by atoms with Crippen LogP contribution in [0.25, 0.3) is 0 Å². The molecule has 8 heteroatoms. The van der Waals surface area contributed by atoms with Gasteiger partial charge in [-0.15, -0.1) is 0 Å². The van der Waals surface area contributed by atoms with Gasteiger partial charge in [-0.05, 0) is 40.5 Å². The van der Waals surface area contributed by atoms with Crippen molar-refractivity contribution in [2.24, 2.45) is 0 Å². The third kappa shape index (κ3) is 20.3. The molecule has 0 aliphatic carbocycles. The summed E-state index contributed by atoms with van der Waals surface area (Å²) >= 11 is 0. The van der Waals surface area contributed by atoms with Crippen LogP contribution < -0.4 is 5.32 Å². The van der Waals surface area contributed by atoms with Crippen LogP contribution in [0.3, 0.4) is 0 Å². The van der Waals surface area contributed by atoms with E-state index in [1.165, 1.54) is 88.9 Å². The fourth-order valence-corrected chi connectivity index (χ4v) is 4.66. The number of aliphatic carboxylic acids is 1. The van der Waals surface area contributed by atoms with E-state index < -0.39 is 35.7 Å². The summed E-state index contributed by atoms with van der Waals surface area (Å²) in [4.78, 5) is 38.5. The Bertz CT molecular complexity index is 714. The van der Waals surface area contributed by atoms with E-state index in [1.807, 2.05) is 6.07 Å². The number of carboxylic acid groups (broad SMARTS) is 1. The lowest BCUT2D eigenvalue weighted by atomic mass is 10.0. The Morgan fingerprint density at radius 2 is 1.28 bits per heavy atom. The van der Waals surface area contributed by atoms with Crippen LogP contribution in [0.2, 0.25) is 0 Å². The van der Waals surface area contributed by atoms with E-state index >= 15 is 0 Å². The molecule has 0 bridgehead atoms. The Balaban J connectivity index is 4.42. The molecule has 0 fully saturated rings. The van der Waals surface area contributed by atoms with Crippen molar-refractivity contribution >= 4 is 18.0 Å². The standard InChI is InChI=1S/C31H57N3O5/c1-6-7-8-9-10-11-12-13-14-15-16-17-18-19-20-21-25-34(27(29(36)37)23-22-24-32)28(35)26(2)33-30(38)39-31(3,4)5/h26-27H,6-23,25H2,1-5H3,(H,33,38)(H,36,37)/t26-,27+/m1/s1. The molecular weight excluding hydrogens is 494 g/mol. The van der Waals surface area contributed by atoms with Gasteiger partial charge in [0.05, 0.1) is 6.07 Å². The molecule has 2 N–H and O–H groups in total. The van der Waals surface area contributed by atoms with Gasteiger partial charge in [0, 0.05) is 13.0 Å². The number of hydrogen-bond acceptors (Lipinski definition) is 5. The van der Waals surface area contributed by atoms with Gasteiger partial charge in [-0.2, -0.15) is 5.26 Å². The quantitative estimate of drug-likeness (QED) is 0.125. The van der Waals surface area contributed by atoms with Crippen molar-refractivity contribution in [1.82, 2.24) is 10.2 Å². The highest BCUT2D eigenvalue weighted by Gasteiger charge is 2.32. The third-order valence-electron chi connectivity index (χ3n) is 6.83. The van der Waals surface area contributed by atoms with Crippen molar-refractivity contribution in [2.45, 2.75) is 168 Å². The molecule has 8 nitrogen and oxygen atoms in total. The first-order chi connectivity index (χ1) is 18.5. The second-order valence-electron chi connectivity index (χ2n) is 11.8. The summed E-state index contributed by atoms with van der Waals surface area (Å²) in [7, 11) is 0. The Morgan fingerprint density at radius 1 is 0.846 bits per heavy atom. The Hall–Kier alpha value is -2.30. The monoisotopic (exact) mass is 551 g/mol. The smallest absolute Gasteiger partial charge is 0.408 e. The van der Waals surface area contributed by atoms with Crippen LogP contribution in [0.1, 0.15) is 150 Å². The molecule has 0 aromatic heterocycles. The number of carboxylic acids is 1. The summed E-state index contributed by atoms with van der Waals surface area (Å²) in [6.45, 7) is 9.24. The maximum atomic E-state index is 13.2. The molecule has 0 rings (SSSR count). The van der Waals surface area contributed by atoms with Crippen molar-refractivity contribution < 1.29 is 24.2 Å². The topological polar surface area (TPSA) is 120 Å². The van der Waals surface area contributed by atoms with E-state index in [2.05, 4.69) is 12.2 Å². The van der Waals surface area contributed by atoms with Gasteiger partial charge in [-0.1, -0.05) is 103 Å². The zero-order valence-electron chi connectivity index (χ0n) is 25.6. The zero-order valence-corrected chi connectivity index (χ0v) is 25.6. The Morgan fingerprint density at radius 3 is 1.67 bits per heavy atom. The molecule has 0 saturated heterocycles. The number of nitriles is 1. The SMILES string of the molecule is CCCCCCCCCCCCCCCCCCN(C(=O)[C@@H](C)NC(=O)OC(C)(C)C)[C@@H](CCC#N)C(=O)O. The minimum atomic E-state index is -1.14. The van der Waals surface area contributed by atoms with Crippen LogP contribution in [-0.2, 0) is 14.3 Å². The predicted octanol–water partition coefficient (Wildman–Crippen LogP) is 7.75. The molecule has 2 atom stereocenters. The lowest BCUT2D eigenvalue weighted by Gasteiger charge is -2.31. The van der Waals surface area contributed by atoms with Gasteiger partial charge in [0.1, 0.15) is 17.7 Å². The second kappa shape index (κ2) is 22.5. The maximum Gasteiger partial charge on any atom is 0.408 e. The minimum absolute atomic E-state index is 0.0353. The normalized spacial score (nSPS) is 12.8. The predicted molar refractivity (Wildman–Crippen MR) is 156 cm³/mol. The summed E-state index contributed by atoms with van der Waals surface area (Å²) in [5.41, 5.74) is -0.712. The number of carbonyl (C=O) groups is 3. The first kappa shape index (κ1) is 36.7. The van der Waals surface area contributed by atoms with Crippen molar-refractivity contribution in [2.75, 3.05) is 6.54 Å². The summed E-state index contributed by atoms with van der Waals surface area (Å²) in [5.74, 6) is -1.62. The van der Waals surface area contributed by atoms with Gasteiger partial charge >= 0.3 is 12.1 Å². The Labute approximate surface area is 238 Å². The molecule has 0 aliphatic heterocycles. The first-order valence-corrected chi connectivity index (χ1v) is 15.4. The molecule has 0 aliphatic rings. The summed E-state index contributed by atoms with van der Waals surface area (Å²) in [5, 5.41) is 21.2. The number of amides is 2. The van der Waals surface area contributed by atoms with Gasteiger partial charge in [0.25, 0.3) is 0 Å². The van der Waals surface area contributed by atoms with E-state index in [9.17, 15) is 19.5 Å². The highest BCUT2D eigenvalue weighted by Crippen LogP contribution is 2.16. The highest BCUT2D eigenvalue weighted by atomic mass is 16.6. The summed E-state index contributed by atoms with van der Waals surface area (Å²) < 4.78 is 5.22. The van der Waals surface area contributed by atoms with Crippen LogP contribution in [-0.4, -0.2) is 52.2 Å². The van der Waals surface area contributed by atoms with Crippen LogP contribution >= 0.6 is 0 Å². The lowest BCUT2D eigenvalue weighted by molar-refractivity contribution is -0.151. The second-order valence-corrected chi connectivity index (χ2v) is 11.8. The van der Waals surface area contributed by atoms with E-state index in [4.69, 9.17) is 10.00 Å². The molecule has 0 aromatic carbocycles. The number of alkyl carbamates (subject to hydrolysis) is 1. The van der Waals surface area contributed by atoms with E-state index in [-0.39, 0.29) is 19.4 Å². The molecule has 0 aromatic rings. The van der Waals surface area contributed by atoms with Crippen molar-refractivity contribution in [3.05, 3.63) is 0 Å². The summed E-state index contributed by atoms with van der Waals surface area (Å²) in [6, 6.07) is -0.0736. The third-order valence-corrected chi connectivity index (χ3v) is 6.83. The molecule has 0 spiro atoms. The Kier molecular flexibility index (Phi) is 21.2. The number of ether oxygens (including phenoxy) is 1. The van der Waals surface area contributed by atoms with Crippen LogP contribution in [0.5, 0.6) is 0 Å². The maximum absolute atomic E-state index is 13.2. The lowest BCUT2D eigenvalue weighted by Crippen LogP contribution is -2.53. The molecule has 0 unspecified atom stereocenters. The number of nitrogens with zero attached hydrogens (tertiary/aromatic N) is 2. The number of carbonyl (C=O) groups excluding carboxylic acids is 2. The largest absolute Gasteiger partial charge is 0.480 e. The number of rotatable bonds is 23. The van der Waals surface area contributed by atoms with Crippen LogP contribution in [0, 0.1) is 11.3 Å². The molecule has 2 amide bonds. The molecule has 226 valence electrons. The van der Waals surface area contributed by atoms with Crippen molar-refractivity contribution in [3.63, 3.8) is 0 Å². The molecule has 0 heterocycles. The number of unbranched alkanes of at least 4 members (excludes halogenated alkanes) is 15. The van der Waals surface area contributed by atoms with Gasteiger partial charge < -0.3 is 20.1 Å². The van der Waals surface area contributed by atoms with Crippen molar-refractivity contribution in [1.29, 1.82) is 5.26 Å². The van der Waals surface area contributed by atoms with Gasteiger partial charge in [0.2, 0.25) is 5.91 Å². The van der Waals surface area contributed by atoms with E-state index in [1.54, 1.807) is 20.8 Å². The van der Waals surface area contributed by atoms with E-state index in [0.29, 0.717) is 6.42 Å². The fraction of sp³-hybridized carbons (Fsp3) is 0.871. The highest BCUT2D eigenvalue weighted by molar-refractivity contribution is 5.89. The molecule has 0 radical (unpaired) electrons. The fourth-order valence-electron chi connectivity index (χ4n) is 4.66. The zero-order chi connectivity index (χ0) is 29.5. The molecule has 39 heavy (non-hydrogen) atoms. The molecule has 0 saturated carbocycles. The summed E-state index contributed by atoms with van der Waals surface area (Å²) in [6.07, 6.45) is 19.1. The number of nitrogens with one attached hydrogen (secondary N) is 1.